The number of anilines is 1. The molecule has 0 saturated heterocycles. The third-order valence-electron chi connectivity index (χ3n) is 3.73. The number of fused-ring (bicyclic) bond motifs is 1. The van der Waals surface area contributed by atoms with Crippen molar-refractivity contribution in [3.63, 3.8) is 0 Å². The molecule has 26 heavy (non-hydrogen) atoms. The van der Waals surface area contributed by atoms with Crippen LogP contribution in [-0.2, 0) is 4.74 Å². The highest BCUT2D eigenvalue weighted by Gasteiger charge is 2.19. The fourth-order valence-electron chi connectivity index (χ4n) is 2.46. The van der Waals surface area contributed by atoms with Crippen LogP contribution < -0.4 is 15.5 Å². The molecule has 2 heterocycles. The zero-order chi connectivity index (χ0) is 18.8. The van der Waals surface area contributed by atoms with Crippen molar-refractivity contribution in [2.75, 3.05) is 19.5 Å². The number of nitrogens with one attached hydrogen (secondary N) is 2. The van der Waals surface area contributed by atoms with Crippen molar-refractivity contribution in [1.82, 2.24) is 9.97 Å². The van der Waals surface area contributed by atoms with Crippen molar-refractivity contribution in [1.29, 1.82) is 0 Å². The van der Waals surface area contributed by atoms with E-state index in [1.165, 1.54) is 20.4 Å². The number of esters is 1. The fourth-order valence-corrected chi connectivity index (χ4v) is 3.34. The van der Waals surface area contributed by atoms with Crippen molar-refractivity contribution in [3.05, 3.63) is 50.8 Å². The zero-order valence-corrected chi connectivity index (χ0v) is 15.0. The van der Waals surface area contributed by atoms with Gasteiger partial charge in [0.1, 0.15) is 16.2 Å². The number of hydrogen-bond acceptors (Lipinski definition) is 7. The molecule has 9 heteroatoms. The number of ether oxygens (including phenoxy) is 2. The van der Waals surface area contributed by atoms with E-state index >= 15 is 0 Å². The van der Waals surface area contributed by atoms with Crippen molar-refractivity contribution < 1.29 is 19.1 Å². The molecular weight excluding hydrogens is 358 g/mol. The second kappa shape index (κ2) is 6.96. The Kier molecular flexibility index (Phi) is 4.72. The van der Waals surface area contributed by atoms with Crippen LogP contribution in [0.2, 0.25) is 0 Å². The minimum absolute atomic E-state index is 0.0711. The maximum absolute atomic E-state index is 12.6. The monoisotopic (exact) mass is 373 g/mol. The Morgan fingerprint density at radius 1 is 1.27 bits per heavy atom. The summed E-state index contributed by atoms with van der Waals surface area (Å²) in [7, 11) is 2.76. The molecule has 0 fully saturated rings. The molecule has 8 nitrogen and oxygen atoms in total. The van der Waals surface area contributed by atoms with E-state index in [0.29, 0.717) is 27.2 Å². The van der Waals surface area contributed by atoms with E-state index in [2.05, 4.69) is 20.0 Å². The van der Waals surface area contributed by atoms with Gasteiger partial charge in [-0.15, -0.1) is 0 Å². The van der Waals surface area contributed by atoms with Crippen LogP contribution in [0.4, 0.5) is 5.13 Å². The maximum Gasteiger partial charge on any atom is 0.350 e. The van der Waals surface area contributed by atoms with E-state index in [1.54, 1.807) is 25.1 Å². The number of methoxy groups -OCH3 is 2. The van der Waals surface area contributed by atoms with Crippen molar-refractivity contribution in [3.8, 4) is 5.75 Å². The van der Waals surface area contributed by atoms with Crippen LogP contribution >= 0.6 is 11.3 Å². The van der Waals surface area contributed by atoms with Crippen LogP contribution in [0.3, 0.4) is 0 Å². The minimum Gasteiger partial charge on any atom is -0.495 e. The second-order valence-corrected chi connectivity index (χ2v) is 6.29. The summed E-state index contributed by atoms with van der Waals surface area (Å²) in [6.07, 6.45) is 1.32. The van der Waals surface area contributed by atoms with Crippen LogP contribution in [0.1, 0.15) is 25.7 Å². The van der Waals surface area contributed by atoms with E-state index in [4.69, 9.17) is 4.74 Å². The molecule has 0 aliphatic rings. The van der Waals surface area contributed by atoms with Gasteiger partial charge >= 0.3 is 5.97 Å². The third-order valence-corrected chi connectivity index (χ3v) is 4.78. The first-order chi connectivity index (χ1) is 12.5. The predicted molar refractivity (Wildman–Crippen MR) is 97.3 cm³/mol. The lowest BCUT2D eigenvalue weighted by Crippen LogP contribution is -2.22. The molecule has 0 saturated carbocycles. The van der Waals surface area contributed by atoms with E-state index in [9.17, 15) is 14.4 Å². The number of aryl methyl sites for hydroxylation is 1. The summed E-state index contributed by atoms with van der Waals surface area (Å²) in [4.78, 5) is 44.1. The van der Waals surface area contributed by atoms with E-state index < -0.39 is 17.3 Å². The Morgan fingerprint density at radius 2 is 2.04 bits per heavy atom. The third kappa shape index (κ3) is 3.04. The molecule has 0 aliphatic heterocycles. The van der Waals surface area contributed by atoms with Crippen LogP contribution in [0.5, 0.6) is 5.75 Å². The van der Waals surface area contributed by atoms with Crippen LogP contribution in [-0.4, -0.2) is 36.1 Å². The van der Waals surface area contributed by atoms with Crippen molar-refractivity contribution >= 4 is 39.2 Å². The summed E-state index contributed by atoms with van der Waals surface area (Å²) < 4.78 is 9.87. The summed E-state index contributed by atoms with van der Waals surface area (Å²) in [5.74, 6) is -0.651. The summed E-state index contributed by atoms with van der Waals surface area (Å²) in [5, 5.41) is 3.08. The molecule has 0 radical (unpaired) electrons. The molecule has 3 rings (SSSR count). The Morgan fingerprint density at radius 3 is 2.73 bits per heavy atom. The number of pyridine rings is 1. The van der Waals surface area contributed by atoms with Gasteiger partial charge in [-0.3, -0.25) is 14.9 Å². The van der Waals surface area contributed by atoms with Gasteiger partial charge in [-0.2, -0.15) is 0 Å². The standard InChI is InChI=1S/C17H15N3O5S/c1-8-14(16(23)25-3)26-17(19-8)20-15(22)10-7-18-12-9(13(10)21)5-4-6-11(12)24-2/h4-7H,1-3H3,(H,18,21)(H,19,20,22). The summed E-state index contributed by atoms with van der Waals surface area (Å²) in [6, 6.07) is 4.99. The maximum atomic E-state index is 12.6. The quantitative estimate of drug-likeness (QED) is 0.679. The Bertz CT molecular complexity index is 1070. The van der Waals surface area contributed by atoms with E-state index in [-0.39, 0.29) is 10.7 Å². The normalized spacial score (nSPS) is 10.6. The number of aromatic amines is 1. The van der Waals surface area contributed by atoms with Gasteiger partial charge in [0, 0.05) is 6.20 Å². The number of thiazole rings is 1. The van der Waals surface area contributed by atoms with E-state index in [1.807, 2.05) is 0 Å². The topological polar surface area (TPSA) is 110 Å². The smallest absolute Gasteiger partial charge is 0.350 e. The number of carbonyl (C=O) groups is 2. The molecule has 0 bridgehead atoms. The van der Waals surface area contributed by atoms with Crippen molar-refractivity contribution in [2.45, 2.75) is 6.92 Å². The highest BCUT2D eigenvalue weighted by atomic mass is 32.1. The first-order valence-electron chi connectivity index (χ1n) is 7.51. The van der Waals surface area contributed by atoms with Gasteiger partial charge in [0.05, 0.1) is 30.8 Å². The number of rotatable bonds is 4. The average molecular weight is 373 g/mol. The Labute approximate surface area is 151 Å². The number of amides is 1. The van der Waals surface area contributed by atoms with Gasteiger partial charge in [-0.25, -0.2) is 9.78 Å². The first-order valence-corrected chi connectivity index (χ1v) is 8.33. The number of hydrogen-bond donors (Lipinski definition) is 2. The second-order valence-electron chi connectivity index (χ2n) is 5.29. The van der Waals surface area contributed by atoms with Gasteiger partial charge in [0.25, 0.3) is 5.91 Å². The van der Waals surface area contributed by atoms with Gasteiger partial charge in [-0.1, -0.05) is 17.4 Å². The summed E-state index contributed by atoms with van der Waals surface area (Å²) >= 11 is 0.981. The lowest BCUT2D eigenvalue weighted by Gasteiger charge is -2.06. The highest BCUT2D eigenvalue weighted by Crippen LogP contribution is 2.24. The SMILES string of the molecule is COC(=O)c1sc(NC(=O)c2c[nH]c3c(OC)cccc3c2=O)nc1C. The number of carbonyl (C=O) groups excluding carboxylic acids is 2. The minimum atomic E-state index is -0.624. The average Bonchev–Trinajstić information content (AvgIpc) is 3.01. The molecule has 134 valence electrons. The highest BCUT2D eigenvalue weighted by molar-refractivity contribution is 7.17. The molecule has 2 N–H and O–H groups in total. The van der Waals surface area contributed by atoms with Gasteiger partial charge in [0.2, 0.25) is 5.43 Å². The van der Waals surface area contributed by atoms with Crippen LogP contribution in [0.15, 0.2) is 29.2 Å². The number of benzene rings is 1. The molecule has 1 amide bonds. The molecular formula is C17H15N3O5S. The molecule has 0 atom stereocenters. The first kappa shape index (κ1) is 17.6. The zero-order valence-electron chi connectivity index (χ0n) is 14.2. The lowest BCUT2D eigenvalue weighted by molar-refractivity contribution is 0.0605. The lowest BCUT2D eigenvalue weighted by atomic mass is 10.1. The fraction of sp³-hybridized carbons (Fsp3) is 0.176. The largest absolute Gasteiger partial charge is 0.495 e. The molecule has 0 aliphatic carbocycles. The van der Waals surface area contributed by atoms with E-state index in [0.717, 1.165) is 11.3 Å². The predicted octanol–water partition coefficient (Wildman–Crippen LogP) is 2.34. The van der Waals surface area contributed by atoms with Gasteiger partial charge in [0.15, 0.2) is 5.13 Å². The summed E-state index contributed by atoms with van der Waals surface area (Å²) in [5.41, 5.74) is 0.443. The molecule has 3 aromatic rings. The number of nitrogens with zero attached hydrogens (tertiary/aromatic N) is 1. The van der Waals surface area contributed by atoms with Gasteiger partial charge in [-0.05, 0) is 19.1 Å². The molecule has 0 spiro atoms. The molecule has 2 aromatic heterocycles. The van der Waals surface area contributed by atoms with Crippen molar-refractivity contribution in [2.24, 2.45) is 0 Å². The van der Waals surface area contributed by atoms with Gasteiger partial charge < -0.3 is 14.5 Å². The number of H-pyrrole nitrogens is 1. The number of para-hydroxylation sites is 1. The molecule has 1 aromatic carbocycles. The van der Waals surface area contributed by atoms with Crippen LogP contribution in [0, 0.1) is 6.92 Å². The van der Waals surface area contributed by atoms with Crippen LogP contribution in [0.25, 0.3) is 10.9 Å². The Hall–Kier alpha value is -3.20. The summed E-state index contributed by atoms with van der Waals surface area (Å²) in [6.45, 7) is 1.63. The Balaban J connectivity index is 1.95. The molecule has 0 unspecified atom stereocenters. The number of aromatic nitrogens is 2.